The van der Waals surface area contributed by atoms with Gasteiger partial charge in [0, 0.05) is 18.7 Å². The second-order valence-corrected chi connectivity index (χ2v) is 4.41. The number of pyridine rings is 1. The molecule has 7 nitrogen and oxygen atoms in total. The van der Waals surface area contributed by atoms with Crippen LogP contribution in [0.25, 0.3) is 0 Å². The number of carboxylic acid groups (broad SMARTS) is 1. The third kappa shape index (κ3) is 3.53. The van der Waals surface area contributed by atoms with Gasteiger partial charge in [0.05, 0.1) is 16.2 Å². The average molecular weight is 287 g/mol. The van der Waals surface area contributed by atoms with Gasteiger partial charge in [-0.1, -0.05) is 12.1 Å². The smallest absolute Gasteiger partial charge is 0.337 e. The van der Waals surface area contributed by atoms with Crippen molar-refractivity contribution in [3.05, 3.63) is 63.3 Å². The second kappa shape index (κ2) is 6.00. The molecule has 0 aliphatic carbocycles. The number of carbonyl (C=O) groups is 1. The van der Waals surface area contributed by atoms with Crippen LogP contribution >= 0.6 is 0 Å². The number of carboxylic acids is 1. The van der Waals surface area contributed by atoms with E-state index in [2.05, 4.69) is 10.3 Å². The molecule has 0 unspecified atom stereocenters. The van der Waals surface area contributed by atoms with Crippen LogP contribution in [0.1, 0.15) is 21.6 Å². The maximum absolute atomic E-state index is 10.9. The summed E-state index contributed by atoms with van der Waals surface area (Å²) in [7, 11) is 0. The predicted molar refractivity (Wildman–Crippen MR) is 76.4 cm³/mol. The van der Waals surface area contributed by atoms with Crippen molar-refractivity contribution in [3.63, 3.8) is 0 Å². The van der Waals surface area contributed by atoms with Crippen LogP contribution in [0.4, 0.5) is 11.5 Å². The van der Waals surface area contributed by atoms with Crippen LogP contribution in [0.2, 0.25) is 0 Å². The largest absolute Gasteiger partial charge is 0.478 e. The molecule has 2 aromatic rings. The zero-order valence-electron chi connectivity index (χ0n) is 11.2. The van der Waals surface area contributed by atoms with Crippen molar-refractivity contribution in [3.8, 4) is 0 Å². The monoisotopic (exact) mass is 287 g/mol. The highest BCUT2D eigenvalue weighted by Gasteiger charge is 2.08. The molecule has 21 heavy (non-hydrogen) atoms. The number of rotatable bonds is 5. The van der Waals surface area contributed by atoms with E-state index in [-0.39, 0.29) is 11.3 Å². The van der Waals surface area contributed by atoms with Crippen LogP contribution in [-0.2, 0) is 6.54 Å². The fourth-order valence-electron chi connectivity index (χ4n) is 1.81. The van der Waals surface area contributed by atoms with Crippen molar-refractivity contribution in [2.24, 2.45) is 0 Å². The summed E-state index contributed by atoms with van der Waals surface area (Å²) < 4.78 is 0. The first-order valence-corrected chi connectivity index (χ1v) is 6.15. The number of aromatic nitrogens is 1. The van der Waals surface area contributed by atoms with Gasteiger partial charge in [0.2, 0.25) is 0 Å². The molecule has 0 saturated carbocycles. The van der Waals surface area contributed by atoms with E-state index < -0.39 is 10.9 Å². The van der Waals surface area contributed by atoms with Crippen molar-refractivity contribution < 1.29 is 14.8 Å². The summed E-state index contributed by atoms with van der Waals surface area (Å²) in [5, 5.41) is 22.5. The number of benzene rings is 1. The number of nitro benzene ring substituents is 1. The highest BCUT2D eigenvalue weighted by atomic mass is 16.6. The van der Waals surface area contributed by atoms with Crippen LogP contribution in [-0.4, -0.2) is 21.0 Å². The summed E-state index contributed by atoms with van der Waals surface area (Å²) in [5.74, 6) is -0.460. The zero-order chi connectivity index (χ0) is 15.4. The normalized spacial score (nSPS) is 10.1. The van der Waals surface area contributed by atoms with Gasteiger partial charge in [0.1, 0.15) is 5.82 Å². The lowest BCUT2D eigenvalue weighted by Crippen LogP contribution is -2.06. The van der Waals surface area contributed by atoms with Gasteiger partial charge in [-0.3, -0.25) is 10.1 Å². The highest BCUT2D eigenvalue weighted by molar-refractivity contribution is 5.89. The number of anilines is 1. The Labute approximate surface area is 120 Å². The summed E-state index contributed by atoms with van der Waals surface area (Å²) in [6, 6.07) is 9.25. The minimum absolute atomic E-state index is 0.0403. The van der Waals surface area contributed by atoms with Crippen molar-refractivity contribution in [2.45, 2.75) is 13.5 Å². The van der Waals surface area contributed by atoms with Crippen LogP contribution in [0.15, 0.2) is 36.4 Å². The molecule has 0 aliphatic heterocycles. The van der Waals surface area contributed by atoms with Gasteiger partial charge in [-0.15, -0.1) is 0 Å². The predicted octanol–water partition coefficient (Wildman–Crippen LogP) is 2.61. The molecule has 108 valence electrons. The lowest BCUT2D eigenvalue weighted by Gasteiger charge is -2.07. The molecule has 2 rings (SSSR count). The number of hydrogen-bond donors (Lipinski definition) is 2. The molecule has 7 heteroatoms. The Kier molecular flexibility index (Phi) is 4.13. The summed E-state index contributed by atoms with van der Waals surface area (Å²) in [6.45, 7) is 2.07. The van der Waals surface area contributed by atoms with Gasteiger partial charge in [-0.25, -0.2) is 9.78 Å². The van der Waals surface area contributed by atoms with Gasteiger partial charge in [0.25, 0.3) is 5.69 Å². The number of aromatic carboxylic acids is 1. The molecule has 0 radical (unpaired) electrons. The van der Waals surface area contributed by atoms with Gasteiger partial charge < -0.3 is 10.4 Å². The van der Waals surface area contributed by atoms with E-state index in [1.165, 1.54) is 18.2 Å². The SMILES string of the molecule is Cc1nc(NCc2ccc([N+](=O)[O-])cc2)ccc1C(=O)O. The van der Waals surface area contributed by atoms with Crippen LogP contribution in [0.5, 0.6) is 0 Å². The van der Waals surface area contributed by atoms with Gasteiger partial charge >= 0.3 is 5.97 Å². The Balaban J connectivity index is 2.04. The number of non-ortho nitro benzene ring substituents is 1. The van der Waals surface area contributed by atoms with Crippen molar-refractivity contribution in [1.82, 2.24) is 4.98 Å². The van der Waals surface area contributed by atoms with E-state index in [9.17, 15) is 14.9 Å². The van der Waals surface area contributed by atoms with Gasteiger partial charge in [-0.2, -0.15) is 0 Å². The minimum atomic E-state index is -1.01. The van der Waals surface area contributed by atoms with E-state index in [1.807, 2.05) is 0 Å². The maximum atomic E-state index is 10.9. The fraction of sp³-hybridized carbons (Fsp3) is 0.143. The summed E-state index contributed by atoms with van der Waals surface area (Å²) in [5.41, 5.74) is 1.49. The number of nitrogens with zero attached hydrogens (tertiary/aromatic N) is 2. The first-order chi connectivity index (χ1) is 9.97. The number of nitro groups is 1. The van der Waals surface area contributed by atoms with Crippen molar-refractivity contribution in [1.29, 1.82) is 0 Å². The molecular formula is C14H13N3O4. The fourth-order valence-corrected chi connectivity index (χ4v) is 1.81. The minimum Gasteiger partial charge on any atom is -0.478 e. The lowest BCUT2D eigenvalue weighted by molar-refractivity contribution is -0.384. The first-order valence-electron chi connectivity index (χ1n) is 6.15. The summed E-state index contributed by atoms with van der Waals surface area (Å²) in [4.78, 5) is 25.1. The average Bonchev–Trinajstić information content (AvgIpc) is 2.45. The molecule has 1 aromatic heterocycles. The Morgan fingerprint density at radius 3 is 2.48 bits per heavy atom. The molecule has 0 amide bonds. The maximum Gasteiger partial charge on any atom is 0.337 e. The van der Waals surface area contributed by atoms with Crippen molar-refractivity contribution in [2.75, 3.05) is 5.32 Å². The molecule has 1 aromatic carbocycles. The van der Waals surface area contributed by atoms with E-state index in [4.69, 9.17) is 5.11 Å². The van der Waals surface area contributed by atoms with Crippen LogP contribution in [0, 0.1) is 17.0 Å². The molecule has 1 heterocycles. The molecule has 0 fully saturated rings. The Bertz CT molecular complexity index is 683. The number of nitrogens with one attached hydrogen (secondary N) is 1. The molecule has 0 atom stereocenters. The quantitative estimate of drug-likeness (QED) is 0.646. The van der Waals surface area contributed by atoms with Crippen LogP contribution < -0.4 is 5.32 Å². The van der Waals surface area contributed by atoms with Crippen LogP contribution in [0.3, 0.4) is 0 Å². The zero-order valence-corrected chi connectivity index (χ0v) is 11.2. The van der Waals surface area contributed by atoms with E-state index in [0.29, 0.717) is 18.1 Å². The van der Waals surface area contributed by atoms with E-state index >= 15 is 0 Å². The molecule has 0 aliphatic rings. The molecule has 2 N–H and O–H groups in total. The van der Waals surface area contributed by atoms with E-state index in [1.54, 1.807) is 25.1 Å². The third-order valence-corrected chi connectivity index (χ3v) is 2.94. The van der Waals surface area contributed by atoms with E-state index in [0.717, 1.165) is 5.56 Å². The molecule has 0 spiro atoms. The van der Waals surface area contributed by atoms with Gasteiger partial charge in [-0.05, 0) is 24.6 Å². The van der Waals surface area contributed by atoms with Crippen molar-refractivity contribution >= 4 is 17.5 Å². The molecular weight excluding hydrogens is 274 g/mol. The summed E-state index contributed by atoms with van der Waals surface area (Å²) >= 11 is 0. The Hall–Kier alpha value is -2.96. The van der Waals surface area contributed by atoms with Gasteiger partial charge in [0.15, 0.2) is 0 Å². The second-order valence-electron chi connectivity index (χ2n) is 4.41. The Morgan fingerprint density at radius 1 is 1.29 bits per heavy atom. The number of aryl methyl sites for hydroxylation is 1. The summed E-state index contributed by atoms with van der Waals surface area (Å²) in [6.07, 6.45) is 0. The molecule has 0 saturated heterocycles. The third-order valence-electron chi connectivity index (χ3n) is 2.94. The number of hydrogen-bond acceptors (Lipinski definition) is 5. The Morgan fingerprint density at radius 2 is 1.95 bits per heavy atom. The topological polar surface area (TPSA) is 105 Å². The first kappa shape index (κ1) is 14.4. The standard InChI is InChI=1S/C14H13N3O4/c1-9-12(14(18)19)6-7-13(16-9)15-8-10-2-4-11(5-3-10)17(20)21/h2-7H,8H2,1H3,(H,15,16)(H,18,19). The highest BCUT2D eigenvalue weighted by Crippen LogP contribution is 2.14. The lowest BCUT2D eigenvalue weighted by atomic mass is 10.2. The molecule has 0 bridgehead atoms.